The minimum atomic E-state index is -4.43. The van der Waals surface area contributed by atoms with Crippen LogP contribution in [0.5, 0.6) is 0 Å². The van der Waals surface area contributed by atoms with Crippen LogP contribution in [0.4, 0.5) is 13.2 Å². The van der Waals surface area contributed by atoms with Crippen molar-refractivity contribution in [3.8, 4) is 0 Å². The van der Waals surface area contributed by atoms with Crippen molar-refractivity contribution in [2.24, 2.45) is 0 Å². The van der Waals surface area contributed by atoms with Crippen LogP contribution in [0.3, 0.4) is 0 Å². The molecule has 0 unspecified atom stereocenters. The predicted molar refractivity (Wildman–Crippen MR) is 107 cm³/mol. The summed E-state index contributed by atoms with van der Waals surface area (Å²) in [5, 5.41) is 0. The first-order valence-corrected chi connectivity index (χ1v) is 11.2. The molecule has 0 saturated carbocycles. The van der Waals surface area contributed by atoms with Gasteiger partial charge in [0.15, 0.2) is 17.5 Å². The van der Waals surface area contributed by atoms with E-state index in [1.165, 1.54) is 4.90 Å². The summed E-state index contributed by atoms with van der Waals surface area (Å²) < 4.78 is 72.0. The van der Waals surface area contributed by atoms with Crippen molar-refractivity contribution >= 4 is 21.9 Å². The summed E-state index contributed by atoms with van der Waals surface area (Å²) in [5.74, 6) is -6.13. The van der Waals surface area contributed by atoms with E-state index >= 15 is 0 Å². The van der Waals surface area contributed by atoms with Gasteiger partial charge in [0.2, 0.25) is 10.0 Å². The molecule has 0 aliphatic carbocycles. The Balaban J connectivity index is 1.76. The Hall–Kier alpha value is -2.86. The lowest BCUT2D eigenvalue weighted by molar-refractivity contribution is 0.0525. The number of aryl methyl sites for hydroxylation is 1. The fourth-order valence-electron chi connectivity index (χ4n) is 3.61. The Morgan fingerprint density at radius 2 is 1.69 bits per heavy atom. The molecular weight excluding hydrogens is 451 g/mol. The molecule has 0 spiro atoms. The molecule has 32 heavy (non-hydrogen) atoms. The highest BCUT2D eigenvalue weighted by Gasteiger charge is 2.34. The molecule has 1 saturated heterocycles. The number of hydrogen-bond acceptors (Lipinski definition) is 5. The third kappa shape index (κ3) is 4.11. The van der Waals surface area contributed by atoms with E-state index in [0.717, 1.165) is 4.31 Å². The molecular formula is C20H22F3N3O5S. The first-order chi connectivity index (χ1) is 15.0. The number of hydrogen-bond donors (Lipinski definition) is 1. The molecule has 1 aromatic heterocycles. The summed E-state index contributed by atoms with van der Waals surface area (Å²) in [7, 11) is -4.43. The summed E-state index contributed by atoms with van der Waals surface area (Å²) in [6.07, 6.45) is 0. The molecule has 8 nitrogen and oxygen atoms in total. The van der Waals surface area contributed by atoms with Crippen LogP contribution in [0.2, 0.25) is 0 Å². The van der Waals surface area contributed by atoms with Gasteiger partial charge in [-0.3, -0.25) is 4.79 Å². The second-order valence-corrected chi connectivity index (χ2v) is 9.12. The first kappa shape index (κ1) is 23.8. The number of esters is 1. The average molecular weight is 473 g/mol. The number of nitrogens with one attached hydrogen (secondary N) is 1. The SMILES string of the molecule is CCOC(=O)c1c(C)[nH]c(C(=O)N2CCN(S(=O)(=O)c3ccc(F)c(F)c3F)CC2)c1C. The van der Waals surface area contributed by atoms with Crippen molar-refractivity contribution in [1.29, 1.82) is 0 Å². The van der Waals surface area contributed by atoms with Crippen molar-refractivity contribution in [3.63, 3.8) is 0 Å². The van der Waals surface area contributed by atoms with Crippen LogP contribution in [0.25, 0.3) is 0 Å². The number of sulfonamides is 1. The smallest absolute Gasteiger partial charge is 0.340 e. The van der Waals surface area contributed by atoms with E-state index in [-0.39, 0.29) is 44.0 Å². The van der Waals surface area contributed by atoms with Crippen LogP contribution < -0.4 is 0 Å². The van der Waals surface area contributed by atoms with E-state index in [1.807, 2.05) is 0 Å². The normalized spacial score (nSPS) is 15.1. The number of carbonyl (C=O) groups is 2. The molecule has 3 rings (SSSR count). The predicted octanol–water partition coefficient (Wildman–Crippen LogP) is 2.37. The monoisotopic (exact) mass is 473 g/mol. The van der Waals surface area contributed by atoms with Crippen molar-refractivity contribution in [2.75, 3.05) is 32.8 Å². The number of aromatic nitrogens is 1. The second kappa shape index (κ2) is 8.94. The first-order valence-electron chi connectivity index (χ1n) is 9.79. The quantitative estimate of drug-likeness (QED) is 0.531. The molecule has 0 bridgehead atoms. The zero-order chi connectivity index (χ0) is 23.8. The van der Waals surface area contributed by atoms with Gasteiger partial charge >= 0.3 is 5.97 Å². The number of rotatable bonds is 5. The number of piperazine rings is 1. The number of aromatic amines is 1. The molecule has 1 aliphatic rings. The fourth-order valence-corrected chi connectivity index (χ4v) is 5.09. The van der Waals surface area contributed by atoms with Crippen LogP contribution >= 0.6 is 0 Å². The maximum Gasteiger partial charge on any atom is 0.340 e. The van der Waals surface area contributed by atoms with E-state index in [4.69, 9.17) is 4.74 Å². The number of benzene rings is 1. The van der Waals surface area contributed by atoms with Crippen LogP contribution in [0, 0.1) is 31.3 Å². The minimum Gasteiger partial charge on any atom is -0.462 e. The molecule has 12 heteroatoms. The van der Waals surface area contributed by atoms with E-state index in [0.29, 0.717) is 23.4 Å². The van der Waals surface area contributed by atoms with Gasteiger partial charge in [0, 0.05) is 31.9 Å². The highest BCUT2D eigenvalue weighted by atomic mass is 32.2. The van der Waals surface area contributed by atoms with Gasteiger partial charge < -0.3 is 14.6 Å². The lowest BCUT2D eigenvalue weighted by Gasteiger charge is -2.34. The maximum atomic E-state index is 14.0. The van der Waals surface area contributed by atoms with Gasteiger partial charge in [-0.15, -0.1) is 0 Å². The highest BCUT2D eigenvalue weighted by molar-refractivity contribution is 7.89. The summed E-state index contributed by atoms with van der Waals surface area (Å²) in [6, 6.07) is 1.21. The molecule has 1 amide bonds. The third-order valence-electron chi connectivity index (χ3n) is 5.27. The van der Waals surface area contributed by atoms with Crippen molar-refractivity contribution in [2.45, 2.75) is 25.7 Å². The molecule has 0 radical (unpaired) electrons. The van der Waals surface area contributed by atoms with Crippen LogP contribution in [-0.2, 0) is 14.8 Å². The Kier molecular flexibility index (Phi) is 6.65. The number of ether oxygens (including phenoxy) is 1. The largest absolute Gasteiger partial charge is 0.462 e. The minimum absolute atomic E-state index is 0.0182. The number of carbonyl (C=O) groups excluding carboxylic acids is 2. The maximum absolute atomic E-state index is 14.0. The number of amides is 1. The Morgan fingerprint density at radius 1 is 1.06 bits per heavy atom. The molecule has 174 valence electrons. The van der Waals surface area contributed by atoms with Gasteiger partial charge in [-0.2, -0.15) is 4.31 Å². The van der Waals surface area contributed by atoms with E-state index in [2.05, 4.69) is 4.98 Å². The van der Waals surface area contributed by atoms with Crippen LogP contribution in [-0.4, -0.2) is 67.3 Å². The third-order valence-corrected chi connectivity index (χ3v) is 7.19. The van der Waals surface area contributed by atoms with E-state index in [9.17, 15) is 31.2 Å². The van der Waals surface area contributed by atoms with Crippen LogP contribution in [0.1, 0.15) is 39.0 Å². The van der Waals surface area contributed by atoms with Gasteiger partial charge in [0.05, 0.1) is 12.2 Å². The Bertz CT molecular complexity index is 1170. The Labute approximate surface area is 183 Å². The summed E-state index contributed by atoms with van der Waals surface area (Å²) >= 11 is 0. The van der Waals surface area contributed by atoms with Gasteiger partial charge in [0.1, 0.15) is 10.6 Å². The number of halogens is 3. The highest BCUT2D eigenvalue weighted by Crippen LogP contribution is 2.25. The summed E-state index contributed by atoms with van der Waals surface area (Å²) in [6.45, 7) is 4.71. The topological polar surface area (TPSA) is 99.8 Å². The molecule has 0 atom stereocenters. The van der Waals surface area contributed by atoms with E-state index in [1.54, 1.807) is 20.8 Å². The number of nitrogens with zero attached hydrogens (tertiary/aromatic N) is 2. The second-order valence-electron chi connectivity index (χ2n) is 7.22. The van der Waals surface area contributed by atoms with Crippen molar-refractivity contribution in [3.05, 3.63) is 52.1 Å². The van der Waals surface area contributed by atoms with Crippen molar-refractivity contribution < 1.29 is 35.9 Å². The molecule has 1 aromatic carbocycles. The fraction of sp³-hybridized carbons (Fsp3) is 0.400. The molecule has 1 N–H and O–H groups in total. The molecule has 2 aromatic rings. The summed E-state index contributed by atoms with van der Waals surface area (Å²) in [5.41, 5.74) is 1.35. The van der Waals surface area contributed by atoms with Crippen molar-refractivity contribution in [1.82, 2.24) is 14.2 Å². The lowest BCUT2D eigenvalue weighted by atomic mass is 10.1. The average Bonchev–Trinajstić information content (AvgIpc) is 3.05. The standard InChI is InChI=1S/C20H22F3N3O5S/c1-4-31-20(28)15-11(2)18(24-12(15)3)19(27)25-7-9-26(10-8-25)32(29,30)14-6-5-13(21)16(22)17(14)23/h5-6,24H,4,7-10H2,1-3H3. The molecule has 2 heterocycles. The van der Waals surface area contributed by atoms with Gasteiger partial charge in [0.25, 0.3) is 5.91 Å². The molecule has 1 fully saturated rings. The zero-order valence-corrected chi connectivity index (χ0v) is 18.5. The lowest BCUT2D eigenvalue weighted by Crippen LogP contribution is -2.50. The summed E-state index contributed by atoms with van der Waals surface area (Å²) in [4.78, 5) is 28.4. The number of H-pyrrole nitrogens is 1. The zero-order valence-electron chi connectivity index (χ0n) is 17.7. The van der Waals surface area contributed by atoms with Gasteiger partial charge in [-0.1, -0.05) is 0 Å². The molecule has 1 aliphatic heterocycles. The van der Waals surface area contributed by atoms with Gasteiger partial charge in [-0.05, 0) is 38.5 Å². The van der Waals surface area contributed by atoms with Crippen LogP contribution in [0.15, 0.2) is 17.0 Å². The van der Waals surface area contributed by atoms with Gasteiger partial charge in [-0.25, -0.2) is 26.4 Å². The van der Waals surface area contributed by atoms with E-state index < -0.39 is 44.2 Å². The Morgan fingerprint density at radius 3 is 2.28 bits per heavy atom.